The molecule has 0 spiro atoms. The average molecular weight is 206 g/mol. The first-order chi connectivity index (χ1) is 6.81. The van der Waals surface area contributed by atoms with Gasteiger partial charge in [-0.05, 0) is 0 Å². The second-order valence-electron chi connectivity index (χ2n) is 2.95. The third-order valence-corrected chi connectivity index (χ3v) is 1.80. The van der Waals surface area contributed by atoms with Crippen LogP contribution in [-0.2, 0) is 0 Å². The molecule has 0 saturated heterocycles. The van der Waals surface area contributed by atoms with E-state index in [1.165, 1.54) is 5.06 Å². The highest BCUT2D eigenvalue weighted by Gasteiger charge is 1.94. The van der Waals surface area contributed by atoms with Crippen LogP contribution in [0.5, 0.6) is 0 Å². The van der Waals surface area contributed by atoms with Gasteiger partial charge < -0.3 is 21.0 Å². The average Bonchev–Trinajstić information content (AvgIpc) is 2.21. The standard InChI is InChI=1S/C8H22N4O2/c1-2-12(14)8-7-10-4-3-9-5-6-11-13/h9-11,13-14H,2-8H2,1H3. The van der Waals surface area contributed by atoms with Gasteiger partial charge in [-0.25, -0.2) is 5.48 Å². The molecular formula is C8H22N4O2. The maximum atomic E-state index is 9.07. The summed E-state index contributed by atoms with van der Waals surface area (Å²) < 4.78 is 0. The molecular weight excluding hydrogens is 184 g/mol. The molecule has 0 unspecified atom stereocenters. The van der Waals surface area contributed by atoms with Crippen LogP contribution in [0.1, 0.15) is 6.92 Å². The third-order valence-electron chi connectivity index (χ3n) is 1.80. The summed E-state index contributed by atoms with van der Waals surface area (Å²) in [5, 5.41) is 24.9. The second-order valence-corrected chi connectivity index (χ2v) is 2.95. The zero-order valence-electron chi connectivity index (χ0n) is 8.79. The molecule has 0 radical (unpaired) electrons. The van der Waals surface area contributed by atoms with Crippen LogP contribution in [-0.4, -0.2) is 61.3 Å². The van der Waals surface area contributed by atoms with Gasteiger partial charge in [0.2, 0.25) is 0 Å². The smallest absolute Gasteiger partial charge is 0.0363 e. The second kappa shape index (κ2) is 10.8. The van der Waals surface area contributed by atoms with Crippen molar-refractivity contribution in [3.05, 3.63) is 0 Å². The number of rotatable bonds is 10. The number of hydroxylamine groups is 3. The highest BCUT2D eigenvalue weighted by molar-refractivity contribution is 4.53. The van der Waals surface area contributed by atoms with Gasteiger partial charge in [-0.15, -0.1) is 0 Å². The lowest BCUT2D eigenvalue weighted by molar-refractivity contribution is -0.0844. The zero-order valence-corrected chi connectivity index (χ0v) is 8.79. The summed E-state index contributed by atoms with van der Waals surface area (Å²) in [6.45, 7) is 7.02. The van der Waals surface area contributed by atoms with Gasteiger partial charge in [-0.2, -0.15) is 5.06 Å². The molecule has 0 aromatic rings. The van der Waals surface area contributed by atoms with Crippen LogP contribution in [0.15, 0.2) is 0 Å². The number of hydrogen-bond acceptors (Lipinski definition) is 6. The SMILES string of the molecule is CCN(O)CCNCCNCCNO. The van der Waals surface area contributed by atoms with Crippen molar-refractivity contribution in [2.45, 2.75) is 6.92 Å². The number of hydrogen-bond donors (Lipinski definition) is 5. The van der Waals surface area contributed by atoms with Crippen molar-refractivity contribution < 1.29 is 10.4 Å². The van der Waals surface area contributed by atoms with Gasteiger partial charge in [0.25, 0.3) is 0 Å². The van der Waals surface area contributed by atoms with Crippen molar-refractivity contribution >= 4 is 0 Å². The fourth-order valence-corrected chi connectivity index (χ4v) is 0.937. The van der Waals surface area contributed by atoms with Crippen molar-refractivity contribution in [1.82, 2.24) is 21.2 Å². The topological polar surface area (TPSA) is 79.8 Å². The molecule has 0 aliphatic rings. The molecule has 0 rings (SSSR count). The summed E-state index contributed by atoms with van der Waals surface area (Å²) >= 11 is 0. The maximum Gasteiger partial charge on any atom is 0.0363 e. The highest BCUT2D eigenvalue weighted by Crippen LogP contribution is 1.76. The van der Waals surface area contributed by atoms with Gasteiger partial charge in [-0.3, -0.25) is 0 Å². The molecule has 0 fully saturated rings. The van der Waals surface area contributed by atoms with Crippen molar-refractivity contribution in [1.29, 1.82) is 0 Å². The van der Waals surface area contributed by atoms with Crippen LogP contribution < -0.4 is 16.1 Å². The van der Waals surface area contributed by atoms with Crippen LogP contribution >= 0.6 is 0 Å². The lowest BCUT2D eigenvalue weighted by Gasteiger charge is -2.12. The first-order valence-electron chi connectivity index (χ1n) is 5.03. The Labute approximate surface area is 85.2 Å². The van der Waals surface area contributed by atoms with E-state index in [4.69, 9.17) is 10.4 Å². The minimum atomic E-state index is 0.556. The molecule has 6 heteroatoms. The number of nitrogens with zero attached hydrogens (tertiary/aromatic N) is 1. The summed E-state index contributed by atoms with van der Waals surface area (Å²) in [6, 6.07) is 0. The van der Waals surface area contributed by atoms with Crippen molar-refractivity contribution in [3.63, 3.8) is 0 Å². The van der Waals surface area contributed by atoms with Gasteiger partial charge in [-0.1, -0.05) is 6.92 Å². The summed E-state index contributed by atoms with van der Waals surface area (Å²) in [6.07, 6.45) is 0. The first kappa shape index (κ1) is 13.8. The van der Waals surface area contributed by atoms with E-state index in [0.29, 0.717) is 19.6 Å². The highest BCUT2D eigenvalue weighted by atomic mass is 16.5. The summed E-state index contributed by atoms with van der Waals surface area (Å²) in [4.78, 5) is 0. The normalized spacial score (nSPS) is 11.1. The Kier molecular flexibility index (Phi) is 10.7. The Morgan fingerprint density at radius 3 is 2.14 bits per heavy atom. The van der Waals surface area contributed by atoms with E-state index in [1.807, 2.05) is 6.92 Å². The van der Waals surface area contributed by atoms with Crippen LogP contribution in [0, 0.1) is 0 Å². The maximum absolute atomic E-state index is 9.07. The van der Waals surface area contributed by atoms with E-state index in [-0.39, 0.29) is 0 Å². The van der Waals surface area contributed by atoms with E-state index in [9.17, 15) is 0 Å². The van der Waals surface area contributed by atoms with E-state index >= 15 is 0 Å². The van der Waals surface area contributed by atoms with Gasteiger partial charge in [0.1, 0.15) is 0 Å². The quantitative estimate of drug-likeness (QED) is 0.230. The molecule has 0 atom stereocenters. The molecule has 86 valence electrons. The molecule has 0 bridgehead atoms. The van der Waals surface area contributed by atoms with Crippen molar-refractivity contribution in [2.75, 3.05) is 45.8 Å². The van der Waals surface area contributed by atoms with Crippen molar-refractivity contribution in [3.8, 4) is 0 Å². The molecule has 0 aliphatic carbocycles. The summed E-state index contributed by atoms with van der Waals surface area (Å²) in [7, 11) is 0. The van der Waals surface area contributed by atoms with E-state index in [0.717, 1.165) is 26.2 Å². The van der Waals surface area contributed by atoms with Gasteiger partial charge in [0, 0.05) is 45.8 Å². The Bertz CT molecular complexity index is 116. The molecule has 0 heterocycles. The molecule has 0 saturated carbocycles. The van der Waals surface area contributed by atoms with Crippen LogP contribution in [0.4, 0.5) is 0 Å². The molecule has 5 N–H and O–H groups in total. The van der Waals surface area contributed by atoms with E-state index in [1.54, 1.807) is 0 Å². The van der Waals surface area contributed by atoms with Crippen LogP contribution in [0.3, 0.4) is 0 Å². The lowest BCUT2D eigenvalue weighted by Crippen LogP contribution is -2.35. The van der Waals surface area contributed by atoms with Crippen molar-refractivity contribution in [2.24, 2.45) is 0 Å². The predicted molar refractivity (Wildman–Crippen MR) is 54.6 cm³/mol. The van der Waals surface area contributed by atoms with Crippen LogP contribution in [0.25, 0.3) is 0 Å². The monoisotopic (exact) mass is 206 g/mol. The van der Waals surface area contributed by atoms with Gasteiger partial charge in [0.05, 0.1) is 0 Å². The summed E-state index contributed by atoms with van der Waals surface area (Å²) in [5.74, 6) is 0. The van der Waals surface area contributed by atoms with Gasteiger partial charge >= 0.3 is 0 Å². The zero-order chi connectivity index (χ0) is 10.6. The molecule has 0 aromatic carbocycles. The Morgan fingerprint density at radius 1 is 1.00 bits per heavy atom. The van der Waals surface area contributed by atoms with Crippen LogP contribution in [0.2, 0.25) is 0 Å². The lowest BCUT2D eigenvalue weighted by atomic mass is 10.5. The Balaban J connectivity index is 2.92. The molecule has 0 amide bonds. The molecule has 6 nitrogen and oxygen atoms in total. The Morgan fingerprint density at radius 2 is 1.57 bits per heavy atom. The summed E-state index contributed by atoms with van der Waals surface area (Å²) in [5.41, 5.74) is 2.07. The van der Waals surface area contributed by atoms with Gasteiger partial charge in [0.15, 0.2) is 0 Å². The number of nitrogens with one attached hydrogen (secondary N) is 3. The van der Waals surface area contributed by atoms with E-state index < -0.39 is 0 Å². The molecule has 14 heavy (non-hydrogen) atoms. The minimum absolute atomic E-state index is 0.556. The fourth-order valence-electron chi connectivity index (χ4n) is 0.937. The predicted octanol–water partition coefficient (Wildman–Crippen LogP) is -1.14. The van der Waals surface area contributed by atoms with E-state index in [2.05, 4.69) is 16.1 Å². The first-order valence-corrected chi connectivity index (χ1v) is 5.03. The molecule has 0 aliphatic heterocycles. The fraction of sp³-hybridized carbons (Fsp3) is 1.00. The minimum Gasteiger partial charge on any atom is -0.317 e. The number of likely N-dealkylation sites (N-methyl/N-ethyl adjacent to an activating group) is 1. The molecule has 0 aromatic heterocycles. The largest absolute Gasteiger partial charge is 0.317 e. The Hall–Kier alpha value is -0.240. The third kappa shape index (κ3) is 9.85.